The van der Waals surface area contributed by atoms with Crippen LogP contribution < -0.4 is 9.46 Å². The number of sulfonamides is 2. The van der Waals surface area contributed by atoms with Gasteiger partial charge in [-0.05, 0) is 54.6 Å². The van der Waals surface area contributed by atoms with Crippen molar-refractivity contribution in [1.29, 1.82) is 0 Å². The van der Waals surface area contributed by atoms with Gasteiger partial charge in [-0.2, -0.15) is 4.31 Å². The van der Waals surface area contributed by atoms with Gasteiger partial charge in [-0.1, -0.05) is 18.2 Å². The Kier molecular flexibility index (Phi) is 6.66. The summed E-state index contributed by atoms with van der Waals surface area (Å²) < 4.78 is 79.9. The lowest BCUT2D eigenvalue weighted by atomic mass is 10.3. The molecular formula is C22H21FN2O6S2. The van der Waals surface area contributed by atoms with Gasteiger partial charge in [0.2, 0.25) is 10.0 Å². The minimum atomic E-state index is -4.04. The third-order valence-electron chi connectivity index (χ3n) is 4.90. The van der Waals surface area contributed by atoms with Gasteiger partial charge in [-0.15, -0.1) is 0 Å². The van der Waals surface area contributed by atoms with Gasteiger partial charge >= 0.3 is 0 Å². The van der Waals surface area contributed by atoms with Crippen LogP contribution in [0.4, 0.5) is 10.1 Å². The number of morpholine rings is 1. The van der Waals surface area contributed by atoms with Crippen molar-refractivity contribution >= 4 is 25.7 Å². The van der Waals surface area contributed by atoms with E-state index in [4.69, 9.17) is 9.47 Å². The van der Waals surface area contributed by atoms with Crippen molar-refractivity contribution in [3.05, 3.63) is 78.6 Å². The summed E-state index contributed by atoms with van der Waals surface area (Å²) in [5, 5.41) is 0. The highest BCUT2D eigenvalue weighted by atomic mass is 32.2. The fourth-order valence-electron chi connectivity index (χ4n) is 3.21. The van der Waals surface area contributed by atoms with Crippen molar-refractivity contribution in [2.24, 2.45) is 0 Å². The zero-order chi connectivity index (χ0) is 23.5. The molecule has 0 atom stereocenters. The molecule has 1 fully saturated rings. The Bertz CT molecular complexity index is 1330. The molecule has 11 heteroatoms. The summed E-state index contributed by atoms with van der Waals surface area (Å²) in [6.45, 7) is 0.944. The summed E-state index contributed by atoms with van der Waals surface area (Å²) in [5.41, 5.74) is -0.0717. The highest BCUT2D eigenvalue weighted by Gasteiger charge is 2.28. The monoisotopic (exact) mass is 492 g/mol. The molecule has 0 spiro atoms. The second-order valence-electron chi connectivity index (χ2n) is 7.15. The maximum Gasteiger partial charge on any atom is 0.262 e. The molecular weight excluding hydrogens is 471 g/mol. The van der Waals surface area contributed by atoms with Crippen LogP contribution in [0.2, 0.25) is 0 Å². The number of anilines is 1. The fourth-order valence-corrected chi connectivity index (χ4v) is 5.72. The van der Waals surface area contributed by atoms with Crippen LogP contribution in [0.3, 0.4) is 0 Å². The summed E-state index contributed by atoms with van der Waals surface area (Å²) in [7, 11) is -7.93. The van der Waals surface area contributed by atoms with E-state index in [0.29, 0.717) is 0 Å². The lowest BCUT2D eigenvalue weighted by molar-refractivity contribution is 0.0730. The topological polar surface area (TPSA) is 102 Å². The van der Waals surface area contributed by atoms with E-state index in [0.717, 1.165) is 0 Å². The van der Waals surface area contributed by atoms with E-state index in [1.165, 1.54) is 58.9 Å². The van der Waals surface area contributed by atoms with Gasteiger partial charge in [0.05, 0.1) is 28.7 Å². The third-order valence-corrected chi connectivity index (χ3v) is 8.17. The van der Waals surface area contributed by atoms with Crippen LogP contribution in [0, 0.1) is 5.82 Å². The predicted octanol–water partition coefficient (Wildman–Crippen LogP) is 3.44. The van der Waals surface area contributed by atoms with E-state index in [2.05, 4.69) is 4.72 Å². The zero-order valence-corrected chi connectivity index (χ0v) is 19.0. The lowest BCUT2D eigenvalue weighted by Gasteiger charge is -2.26. The Hall–Kier alpha value is -2.99. The number of nitrogens with one attached hydrogen (secondary N) is 1. The quantitative estimate of drug-likeness (QED) is 0.542. The van der Waals surface area contributed by atoms with E-state index in [9.17, 15) is 21.2 Å². The first-order valence-electron chi connectivity index (χ1n) is 9.99. The molecule has 174 valence electrons. The molecule has 0 aromatic heterocycles. The van der Waals surface area contributed by atoms with Crippen LogP contribution in [0.1, 0.15) is 0 Å². The van der Waals surface area contributed by atoms with Gasteiger partial charge in [-0.25, -0.2) is 21.2 Å². The largest absolute Gasteiger partial charge is 0.455 e. The zero-order valence-electron chi connectivity index (χ0n) is 17.3. The molecule has 0 unspecified atom stereocenters. The van der Waals surface area contributed by atoms with E-state index in [-0.39, 0.29) is 53.3 Å². The van der Waals surface area contributed by atoms with E-state index in [1.807, 2.05) is 0 Å². The van der Waals surface area contributed by atoms with Gasteiger partial charge in [0, 0.05) is 13.1 Å². The number of ether oxygens (including phenoxy) is 2. The van der Waals surface area contributed by atoms with Crippen molar-refractivity contribution in [2.75, 3.05) is 31.0 Å². The standard InChI is InChI=1S/C22H21FN2O6S2/c23-17-6-8-18(9-7-17)31-22-11-10-20(33(28,29)25-12-14-30-15-13-25)16-21(22)24-32(26,27)19-4-2-1-3-5-19/h1-11,16,24H,12-15H2. The molecule has 1 heterocycles. The van der Waals surface area contributed by atoms with Crippen LogP contribution in [0.5, 0.6) is 11.5 Å². The number of rotatable bonds is 7. The first-order valence-corrected chi connectivity index (χ1v) is 12.9. The Balaban J connectivity index is 1.74. The molecule has 1 saturated heterocycles. The SMILES string of the molecule is O=S(=O)(Nc1cc(S(=O)(=O)N2CCOCC2)ccc1Oc1ccc(F)cc1)c1ccccc1. The first kappa shape index (κ1) is 23.2. The number of halogens is 1. The maximum absolute atomic E-state index is 13.2. The molecule has 4 rings (SSSR count). The Labute approximate surface area is 191 Å². The maximum atomic E-state index is 13.2. The minimum Gasteiger partial charge on any atom is -0.455 e. The van der Waals surface area contributed by atoms with Gasteiger partial charge in [-0.3, -0.25) is 4.72 Å². The van der Waals surface area contributed by atoms with Crippen LogP contribution >= 0.6 is 0 Å². The summed E-state index contributed by atoms with van der Waals surface area (Å²) in [5.74, 6) is -0.151. The molecule has 0 amide bonds. The predicted molar refractivity (Wildman–Crippen MR) is 120 cm³/mol. The van der Waals surface area contributed by atoms with Crippen LogP contribution in [0.15, 0.2) is 82.6 Å². The van der Waals surface area contributed by atoms with Crippen LogP contribution in [-0.4, -0.2) is 47.4 Å². The number of nitrogens with zero attached hydrogens (tertiary/aromatic N) is 1. The molecule has 0 radical (unpaired) electrons. The van der Waals surface area contributed by atoms with Gasteiger partial charge in [0.1, 0.15) is 11.6 Å². The molecule has 0 saturated carbocycles. The average molecular weight is 493 g/mol. The molecule has 1 aliphatic rings. The summed E-state index contributed by atoms with van der Waals surface area (Å²) >= 11 is 0. The van der Waals surface area contributed by atoms with Crippen LogP contribution in [0.25, 0.3) is 0 Å². The number of hydrogen-bond donors (Lipinski definition) is 1. The van der Waals surface area contributed by atoms with Crippen molar-refractivity contribution in [3.8, 4) is 11.5 Å². The van der Waals surface area contributed by atoms with Crippen molar-refractivity contribution < 1.29 is 30.7 Å². The molecule has 3 aromatic carbocycles. The highest BCUT2D eigenvalue weighted by Crippen LogP contribution is 2.34. The Morgan fingerprint density at radius 3 is 2.18 bits per heavy atom. The van der Waals surface area contributed by atoms with Gasteiger partial charge in [0.25, 0.3) is 10.0 Å². The summed E-state index contributed by atoms with van der Waals surface area (Å²) in [6, 6.07) is 16.7. The lowest BCUT2D eigenvalue weighted by Crippen LogP contribution is -2.40. The normalized spacial score (nSPS) is 15.2. The molecule has 3 aromatic rings. The van der Waals surface area contributed by atoms with Crippen molar-refractivity contribution in [2.45, 2.75) is 9.79 Å². The average Bonchev–Trinajstić information content (AvgIpc) is 2.82. The second-order valence-corrected chi connectivity index (χ2v) is 10.8. The molecule has 1 N–H and O–H groups in total. The summed E-state index contributed by atoms with van der Waals surface area (Å²) in [6.07, 6.45) is 0. The van der Waals surface area contributed by atoms with Crippen LogP contribution in [-0.2, 0) is 24.8 Å². The van der Waals surface area contributed by atoms with E-state index in [1.54, 1.807) is 18.2 Å². The molecule has 0 aliphatic carbocycles. The highest BCUT2D eigenvalue weighted by molar-refractivity contribution is 7.92. The first-order chi connectivity index (χ1) is 15.8. The molecule has 0 bridgehead atoms. The molecule has 8 nitrogen and oxygen atoms in total. The van der Waals surface area contributed by atoms with Crippen molar-refractivity contribution in [3.63, 3.8) is 0 Å². The van der Waals surface area contributed by atoms with Crippen molar-refractivity contribution in [1.82, 2.24) is 4.31 Å². The Morgan fingerprint density at radius 1 is 0.848 bits per heavy atom. The minimum absolute atomic E-state index is 0.000767. The van der Waals surface area contributed by atoms with E-state index >= 15 is 0 Å². The summed E-state index contributed by atoms with van der Waals surface area (Å²) in [4.78, 5) is -0.0965. The molecule has 1 aliphatic heterocycles. The Morgan fingerprint density at radius 2 is 1.52 bits per heavy atom. The van der Waals surface area contributed by atoms with Gasteiger partial charge in [0.15, 0.2) is 5.75 Å². The fraction of sp³-hybridized carbons (Fsp3) is 0.182. The number of benzene rings is 3. The van der Waals surface area contributed by atoms with Gasteiger partial charge < -0.3 is 9.47 Å². The number of hydrogen-bond acceptors (Lipinski definition) is 6. The smallest absolute Gasteiger partial charge is 0.262 e. The molecule has 33 heavy (non-hydrogen) atoms. The third kappa shape index (κ3) is 5.33. The van der Waals surface area contributed by atoms with E-state index < -0.39 is 25.9 Å². The second kappa shape index (κ2) is 9.48.